The van der Waals surface area contributed by atoms with Gasteiger partial charge in [0.1, 0.15) is 37.6 Å². The number of ether oxygens (including phenoxy) is 10. The number of imide groups is 1. The Morgan fingerprint density at radius 1 is 0.704 bits per heavy atom. The normalized spacial score (nSPS) is 28.9. The number of hydrogen-bond donors (Lipinski definition) is 1. The van der Waals surface area contributed by atoms with Crippen molar-refractivity contribution in [1.82, 2.24) is 4.90 Å². The molecule has 3 heterocycles. The first-order valence-corrected chi connectivity index (χ1v) is 16.6. The maximum absolute atomic E-state index is 14.1. The number of rotatable bonds is 15. The van der Waals surface area contributed by atoms with Crippen LogP contribution in [0.25, 0.3) is 0 Å². The Bertz CT molecular complexity index is 1580. The highest BCUT2D eigenvalue weighted by atomic mass is 16.8. The van der Waals surface area contributed by atoms with Crippen LogP contribution in [0.15, 0.2) is 49.6 Å². The van der Waals surface area contributed by atoms with Gasteiger partial charge >= 0.3 is 30.0 Å². The van der Waals surface area contributed by atoms with E-state index in [4.69, 9.17) is 47.4 Å². The number of carbonyl (C=O) groups is 7. The SMILES string of the molecule is C=CCOC(=O)O[C@H]1[C@H](OC(C)=O)[C@@H](COC(C)=O)O[C@@H](O[C@H]2[C@H](OC(C)=O)[C@H](OCC=C)O[C@@H](CO)[C@H]2OC(C)=O)[C@@H]1N1C(=O)c2ccccc2C1=O. The molecule has 19 nitrogen and oxygen atoms in total. The van der Waals surface area contributed by atoms with Crippen molar-refractivity contribution in [1.29, 1.82) is 0 Å². The van der Waals surface area contributed by atoms with Crippen molar-refractivity contribution in [3.63, 3.8) is 0 Å². The summed E-state index contributed by atoms with van der Waals surface area (Å²) in [6, 6.07) is 3.88. The minimum atomic E-state index is -1.98. The maximum atomic E-state index is 14.1. The molecular formula is C35H41NO18. The van der Waals surface area contributed by atoms with Gasteiger partial charge in [0.25, 0.3) is 11.8 Å². The molecule has 0 aromatic heterocycles. The molecule has 0 unspecified atom stereocenters. The first kappa shape index (κ1) is 41.5. The fraction of sp³-hybridized carbons (Fsp3) is 0.514. The molecule has 2 fully saturated rings. The van der Waals surface area contributed by atoms with Gasteiger partial charge in [0.05, 0.1) is 24.3 Å². The van der Waals surface area contributed by atoms with E-state index in [0.29, 0.717) is 4.90 Å². The average molecular weight is 764 g/mol. The summed E-state index contributed by atoms with van der Waals surface area (Å²) in [6.07, 6.45) is -13.7. The largest absolute Gasteiger partial charge is 0.509 e. The van der Waals surface area contributed by atoms with Crippen LogP contribution in [0.5, 0.6) is 0 Å². The molecular weight excluding hydrogens is 722 g/mol. The standard InChI is InChI=1S/C35H41NO18/c1-7-13-45-34-30(50-20(6)41)29(26(48-18(4)39)23(15-37)51-34)53-33-25(36-31(42)21-11-9-10-12-22(21)32(36)43)28(54-35(44)46-14-8-2)27(49-19(5)40)24(52-33)16-47-17(3)38/h7-12,23-30,33-34,37H,1-2,13-16H2,3-6H3/t23-,24+,25+,26+,27+,28+,29+,30-,33-,34+/m0/s1. The first-order valence-electron chi connectivity index (χ1n) is 16.6. The van der Waals surface area contributed by atoms with E-state index in [1.54, 1.807) is 0 Å². The van der Waals surface area contributed by atoms with Crippen LogP contribution in [0.4, 0.5) is 4.79 Å². The summed E-state index contributed by atoms with van der Waals surface area (Å²) >= 11 is 0. The summed E-state index contributed by atoms with van der Waals surface area (Å²) in [5.74, 6) is -5.34. The van der Waals surface area contributed by atoms with Crippen molar-refractivity contribution in [2.75, 3.05) is 26.4 Å². The topological polar surface area (TPSA) is 235 Å². The minimum Gasteiger partial charge on any atom is -0.463 e. The summed E-state index contributed by atoms with van der Waals surface area (Å²) in [5.41, 5.74) is -0.111. The molecule has 19 heteroatoms. The first-order chi connectivity index (χ1) is 25.7. The third kappa shape index (κ3) is 9.66. The average Bonchev–Trinajstić information content (AvgIpc) is 3.36. The molecule has 2 saturated heterocycles. The Morgan fingerprint density at radius 2 is 1.24 bits per heavy atom. The Balaban J connectivity index is 1.95. The highest BCUT2D eigenvalue weighted by Crippen LogP contribution is 2.38. The van der Waals surface area contributed by atoms with Gasteiger partial charge < -0.3 is 52.5 Å². The van der Waals surface area contributed by atoms with E-state index < -0.39 is 116 Å². The number of hydrogen-bond acceptors (Lipinski definition) is 18. The van der Waals surface area contributed by atoms with E-state index >= 15 is 0 Å². The van der Waals surface area contributed by atoms with Crippen LogP contribution < -0.4 is 0 Å². The van der Waals surface area contributed by atoms with Crippen molar-refractivity contribution < 1.29 is 86.0 Å². The molecule has 1 aromatic carbocycles. The van der Waals surface area contributed by atoms with Gasteiger partial charge in [-0.15, -0.1) is 6.58 Å². The van der Waals surface area contributed by atoms with Crippen LogP contribution in [0.3, 0.4) is 0 Å². The number of nitrogens with zero attached hydrogens (tertiary/aromatic N) is 1. The number of fused-ring (bicyclic) bond motifs is 1. The second-order valence-electron chi connectivity index (χ2n) is 12.0. The van der Waals surface area contributed by atoms with Crippen LogP contribution in [-0.2, 0) is 66.5 Å². The predicted octanol–water partition coefficient (Wildman–Crippen LogP) is 0.747. The lowest BCUT2D eigenvalue weighted by atomic mass is 9.93. The molecule has 0 bridgehead atoms. The molecule has 10 atom stereocenters. The zero-order valence-corrected chi connectivity index (χ0v) is 29.8. The molecule has 3 aliphatic rings. The van der Waals surface area contributed by atoms with Crippen LogP contribution in [0, 0.1) is 0 Å². The van der Waals surface area contributed by atoms with Gasteiger partial charge in [-0.3, -0.25) is 33.7 Å². The molecule has 2 amide bonds. The number of benzene rings is 1. The molecule has 1 aromatic rings. The van der Waals surface area contributed by atoms with Crippen LogP contribution >= 0.6 is 0 Å². The Kier molecular flexibility index (Phi) is 14.4. The van der Waals surface area contributed by atoms with Crippen molar-refractivity contribution >= 4 is 41.8 Å². The highest BCUT2D eigenvalue weighted by molar-refractivity contribution is 6.21. The Hall–Kier alpha value is -5.21. The molecule has 3 aliphatic heterocycles. The summed E-state index contributed by atoms with van der Waals surface area (Å²) in [6.45, 7) is 9.27. The summed E-state index contributed by atoms with van der Waals surface area (Å²) in [4.78, 5) is 91.3. The van der Waals surface area contributed by atoms with Crippen LogP contribution in [-0.4, -0.2) is 140 Å². The van der Waals surface area contributed by atoms with E-state index in [1.807, 2.05) is 0 Å². The Labute approximate surface area is 308 Å². The molecule has 1 N–H and O–H groups in total. The van der Waals surface area contributed by atoms with Crippen LogP contribution in [0.2, 0.25) is 0 Å². The lowest BCUT2D eigenvalue weighted by Crippen LogP contribution is -2.70. The number of carbonyl (C=O) groups excluding carboxylic acids is 7. The van der Waals surface area contributed by atoms with E-state index in [0.717, 1.165) is 27.7 Å². The molecule has 0 radical (unpaired) electrons. The van der Waals surface area contributed by atoms with Gasteiger partial charge in [-0.25, -0.2) is 4.79 Å². The molecule has 0 aliphatic carbocycles. The van der Waals surface area contributed by atoms with Gasteiger partial charge in [-0.2, -0.15) is 0 Å². The number of amides is 2. The van der Waals surface area contributed by atoms with Crippen molar-refractivity contribution in [2.45, 2.75) is 89.0 Å². The van der Waals surface area contributed by atoms with E-state index in [-0.39, 0.29) is 24.3 Å². The second-order valence-corrected chi connectivity index (χ2v) is 12.0. The maximum Gasteiger partial charge on any atom is 0.509 e. The van der Waals surface area contributed by atoms with Gasteiger partial charge in [0.2, 0.25) is 0 Å². The lowest BCUT2D eigenvalue weighted by molar-refractivity contribution is -0.351. The second kappa shape index (κ2) is 18.7. The predicted molar refractivity (Wildman–Crippen MR) is 176 cm³/mol. The number of aliphatic hydroxyl groups is 1. The van der Waals surface area contributed by atoms with E-state index in [9.17, 15) is 38.7 Å². The molecule has 54 heavy (non-hydrogen) atoms. The van der Waals surface area contributed by atoms with Gasteiger partial charge in [-0.1, -0.05) is 30.9 Å². The minimum absolute atomic E-state index is 0.0554. The third-order valence-corrected chi connectivity index (χ3v) is 8.09. The summed E-state index contributed by atoms with van der Waals surface area (Å²) in [5, 5.41) is 10.3. The van der Waals surface area contributed by atoms with Gasteiger partial charge in [0.15, 0.2) is 37.0 Å². The molecule has 4 rings (SSSR count). The lowest BCUT2D eigenvalue weighted by Gasteiger charge is -2.50. The summed E-state index contributed by atoms with van der Waals surface area (Å²) in [7, 11) is 0. The van der Waals surface area contributed by atoms with Crippen molar-refractivity contribution in [3.8, 4) is 0 Å². The smallest absolute Gasteiger partial charge is 0.463 e. The molecule has 0 saturated carbocycles. The zero-order valence-electron chi connectivity index (χ0n) is 29.8. The Morgan fingerprint density at radius 3 is 1.76 bits per heavy atom. The third-order valence-electron chi connectivity index (χ3n) is 8.09. The van der Waals surface area contributed by atoms with E-state index in [2.05, 4.69) is 13.2 Å². The van der Waals surface area contributed by atoms with E-state index in [1.165, 1.54) is 36.4 Å². The molecule has 0 spiro atoms. The van der Waals surface area contributed by atoms with Crippen molar-refractivity contribution in [3.05, 3.63) is 60.7 Å². The van der Waals surface area contributed by atoms with Crippen molar-refractivity contribution in [2.24, 2.45) is 0 Å². The fourth-order valence-corrected chi connectivity index (χ4v) is 6.11. The fourth-order valence-electron chi connectivity index (χ4n) is 6.11. The van der Waals surface area contributed by atoms with Gasteiger partial charge in [0, 0.05) is 27.7 Å². The number of esters is 4. The van der Waals surface area contributed by atoms with Crippen LogP contribution in [0.1, 0.15) is 48.4 Å². The monoisotopic (exact) mass is 763 g/mol. The summed E-state index contributed by atoms with van der Waals surface area (Å²) < 4.78 is 56.7. The van der Waals surface area contributed by atoms with Gasteiger partial charge in [-0.05, 0) is 12.1 Å². The number of aliphatic hydroxyl groups excluding tert-OH is 1. The zero-order chi connectivity index (χ0) is 39.7. The molecule has 294 valence electrons. The highest BCUT2D eigenvalue weighted by Gasteiger charge is 2.60. The quantitative estimate of drug-likeness (QED) is 0.112.